The number of aliphatic hydroxyl groups is 3. The molecule has 5 atom stereocenters. The Balaban J connectivity index is 1.73. The Morgan fingerprint density at radius 3 is 2.36 bits per heavy atom. The first kappa shape index (κ1) is 33.7. The van der Waals surface area contributed by atoms with Crippen LogP contribution in [-0.2, 0) is 27.4 Å². The van der Waals surface area contributed by atoms with Crippen molar-refractivity contribution in [1.29, 1.82) is 0 Å². The molecule has 0 saturated carbocycles. The Bertz CT molecular complexity index is 1250. The van der Waals surface area contributed by atoms with Crippen molar-refractivity contribution in [3.63, 3.8) is 0 Å². The normalized spacial score (nSPS) is 22.3. The molecule has 3 rings (SSSR count). The smallest absolute Gasteiger partial charge is 0.407 e. The van der Waals surface area contributed by atoms with Gasteiger partial charge in [0, 0.05) is 13.7 Å². The fraction of sp³-hybridized carbons (Fsp3) is 0.500. The number of halogens is 2. The van der Waals surface area contributed by atoms with Crippen molar-refractivity contribution in [2.45, 2.75) is 70.2 Å². The minimum absolute atomic E-state index is 0.0119. The molecule has 2 amide bonds. The molecular formula is C28H36Cl2N2O10. The van der Waals surface area contributed by atoms with Crippen molar-refractivity contribution in [2.24, 2.45) is 0 Å². The number of benzene rings is 2. The molecule has 0 bridgehead atoms. The second-order valence-corrected chi connectivity index (χ2v) is 11.3. The predicted molar refractivity (Wildman–Crippen MR) is 153 cm³/mol. The number of carbonyl (C=O) groups is 2. The van der Waals surface area contributed by atoms with E-state index in [-0.39, 0.29) is 40.3 Å². The van der Waals surface area contributed by atoms with Crippen LogP contribution in [-0.4, -0.2) is 84.4 Å². The standard InChI is InChI=1S/C28H36Cl2N2O10/c1-28(2,3)42-27(37)31-11-14-7-6-8-15(9-14)13-40-24-17(29)10-16(23(38-4)19(24)30)25(36)32-20-22(35)21(34)18(12-33)41-26(20)39-5/h6-10,18,20-22,26,33-35H,11-13H2,1-5H3,(H,31,37)(H,32,36)/t18-,20-,21-,22-,26+/m1/s1. The summed E-state index contributed by atoms with van der Waals surface area (Å²) in [5.41, 5.74) is 0.876. The Kier molecular flexibility index (Phi) is 11.7. The van der Waals surface area contributed by atoms with E-state index < -0.39 is 54.9 Å². The van der Waals surface area contributed by atoms with E-state index in [1.165, 1.54) is 20.3 Å². The maximum Gasteiger partial charge on any atom is 0.407 e. The Morgan fingerprint density at radius 1 is 1.05 bits per heavy atom. The third-order valence-electron chi connectivity index (χ3n) is 6.20. The number of alkyl carbamates (subject to hydrolysis) is 1. The van der Waals surface area contributed by atoms with Gasteiger partial charge in [0.1, 0.15) is 41.6 Å². The monoisotopic (exact) mass is 630 g/mol. The zero-order valence-corrected chi connectivity index (χ0v) is 25.4. The summed E-state index contributed by atoms with van der Waals surface area (Å²) in [6.07, 6.45) is -5.80. The molecule has 0 spiro atoms. The molecule has 5 N–H and O–H groups in total. The van der Waals surface area contributed by atoms with Crippen LogP contribution in [0.25, 0.3) is 0 Å². The second-order valence-electron chi connectivity index (χ2n) is 10.5. The van der Waals surface area contributed by atoms with Gasteiger partial charge in [-0.15, -0.1) is 0 Å². The van der Waals surface area contributed by atoms with Gasteiger partial charge >= 0.3 is 6.09 Å². The van der Waals surface area contributed by atoms with Crippen molar-refractivity contribution >= 4 is 35.2 Å². The number of ether oxygens (including phenoxy) is 5. The molecule has 2 aromatic rings. The van der Waals surface area contributed by atoms with E-state index in [2.05, 4.69) is 10.6 Å². The number of nitrogens with one attached hydrogen (secondary N) is 2. The Morgan fingerprint density at radius 2 is 1.74 bits per heavy atom. The van der Waals surface area contributed by atoms with Crippen LogP contribution in [0.2, 0.25) is 10.0 Å². The molecule has 0 unspecified atom stereocenters. The molecule has 1 aliphatic rings. The van der Waals surface area contributed by atoms with E-state index in [9.17, 15) is 24.9 Å². The van der Waals surface area contributed by atoms with E-state index >= 15 is 0 Å². The highest BCUT2D eigenvalue weighted by Gasteiger charge is 2.45. The molecule has 232 valence electrons. The molecule has 1 heterocycles. The van der Waals surface area contributed by atoms with Crippen LogP contribution in [0.1, 0.15) is 42.3 Å². The van der Waals surface area contributed by atoms with Gasteiger partial charge in [0.25, 0.3) is 5.91 Å². The summed E-state index contributed by atoms with van der Waals surface area (Å²) in [6, 6.07) is 7.38. The van der Waals surface area contributed by atoms with E-state index in [0.717, 1.165) is 11.1 Å². The zero-order valence-electron chi connectivity index (χ0n) is 23.9. The van der Waals surface area contributed by atoms with Crippen molar-refractivity contribution in [3.05, 3.63) is 57.1 Å². The van der Waals surface area contributed by atoms with Crippen molar-refractivity contribution in [1.82, 2.24) is 10.6 Å². The number of aliphatic hydroxyl groups excluding tert-OH is 3. The average molecular weight is 632 g/mol. The van der Waals surface area contributed by atoms with Gasteiger partial charge in [-0.1, -0.05) is 47.5 Å². The Hall–Kier alpha value is -2.84. The molecule has 1 aliphatic heterocycles. The van der Waals surface area contributed by atoms with Crippen LogP contribution in [0, 0.1) is 0 Å². The van der Waals surface area contributed by atoms with Crippen LogP contribution in [0.3, 0.4) is 0 Å². The Labute approximate surface area is 253 Å². The van der Waals surface area contributed by atoms with Gasteiger partial charge in [0.05, 0.1) is 24.3 Å². The lowest BCUT2D eigenvalue weighted by Gasteiger charge is -2.41. The van der Waals surface area contributed by atoms with Gasteiger partial charge in [-0.05, 0) is 38.0 Å². The van der Waals surface area contributed by atoms with Crippen molar-refractivity contribution in [3.8, 4) is 11.5 Å². The van der Waals surface area contributed by atoms with Gasteiger partial charge in [-0.2, -0.15) is 0 Å². The topological polar surface area (TPSA) is 165 Å². The molecule has 2 aromatic carbocycles. The molecule has 42 heavy (non-hydrogen) atoms. The quantitative estimate of drug-likeness (QED) is 0.263. The zero-order chi connectivity index (χ0) is 31.2. The molecule has 1 saturated heterocycles. The highest BCUT2D eigenvalue weighted by Crippen LogP contribution is 2.43. The minimum Gasteiger partial charge on any atom is -0.494 e. The van der Waals surface area contributed by atoms with Crippen LogP contribution in [0.15, 0.2) is 30.3 Å². The number of amides is 2. The molecule has 12 nitrogen and oxygen atoms in total. The molecule has 1 fully saturated rings. The summed E-state index contributed by atoms with van der Waals surface area (Å²) in [7, 11) is 2.60. The first-order valence-corrected chi connectivity index (χ1v) is 13.7. The van der Waals surface area contributed by atoms with E-state index in [4.69, 9.17) is 46.9 Å². The maximum absolute atomic E-state index is 13.2. The predicted octanol–water partition coefficient (Wildman–Crippen LogP) is 2.79. The average Bonchev–Trinajstić information content (AvgIpc) is 2.93. The molecule has 0 aliphatic carbocycles. The SMILES string of the molecule is COc1c(C(=O)N[C@H]2[C@@H](OC)O[C@H](CO)[C@@H](O)[C@@H]2O)cc(Cl)c(OCc2cccc(CNC(=O)OC(C)(C)C)c2)c1Cl. The van der Waals surface area contributed by atoms with Gasteiger partial charge in [0.15, 0.2) is 17.8 Å². The number of hydrogen-bond donors (Lipinski definition) is 5. The number of rotatable bonds is 10. The van der Waals surface area contributed by atoms with Crippen LogP contribution in [0.5, 0.6) is 11.5 Å². The number of hydrogen-bond acceptors (Lipinski definition) is 10. The van der Waals surface area contributed by atoms with Gasteiger partial charge < -0.3 is 49.6 Å². The molecule has 0 radical (unpaired) electrons. The van der Waals surface area contributed by atoms with Crippen LogP contribution >= 0.6 is 23.2 Å². The largest absolute Gasteiger partial charge is 0.494 e. The summed E-state index contributed by atoms with van der Waals surface area (Å²) >= 11 is 13.0. The summed E-state index contributed by atoms with van der Waals surface area (Å²) < 4.78 is 27.2. The third-order valence-corrected chi connectivity index (χ3v) is 6.83. The van der Waals surface area contributed by atoms with Crippen LogP contribution in [0.4, 0.5) is 4.79 Å². The highest BCUT2D eigenvalue weighted by atomic mass is 35.5. The lowest BCUT2D eigenvalue weighted by molar-refractivity contribution is -0.261. The van der Waals surface area contributed by atoms with E-state index in [1.807, 2.05) is 18.2 Å². The highest BCUT2D eigenvalue weighted by molar-refractivity contribution is 6.39. The first-order valence-electron chi connectivity index (χ1n) is 13.0. The number of methoxy groups -OCH3 is 2. The van der Waals surface area contributed by atoms with Gasteiger partial charge in [-0.3, -0.25) is 4.79 Å². The molecule has 0 aromatic heterocycles. The lowest BCUT2D eigenvalue weighted by atomic mass is 9.96. The van der Waals surface area contributed by atoms with Crippen LogP contribution < -0.4 is 20.1 Å². The van der Waals surface area contributed by atoms with Gasteiger partial charge in [-0.25, -0.2) is 4.79 Å². The summed E-state index contributed by atoms with van der Waals surface area (Å²) in [5.74, 6) is -0.726. The van der Waals surface area contributed by atoms with Gasteiger partial charge in [0.2, 0.25) is 0 Å². The fourth-order valence-corrected chi connectivity index (χ4v) is 4.87. The molecular weight excluding hydrogens is 595 g/mol. The van der Waals surface area contributed by atoms with Crippen molar-refractivity contribution in [2.75, 3.05) is 20.8 Å². The first-order chi connectivity index (χ1) is 19.8. The van der Waals surface area contributed by atoms with Crippen molar-refractivity contribution < 1.29 is 48.6 Å². The van der Waals surface area contributed by atoms with E-state index in [1.54, 1.807) is 26.8 Å². The lowest BCUT2D eigenvalue weighted by Crippen LogP contribution is -2.64. The molecule has 14 heteroatoms. The number of carbonyl (C=O) groups excluding carboxylic acids is 2. The third kappa shape index (κ3) is 8.38. The minimum atomic E-state index is -1.51. The second kappa shape index (κ2) is 14.6. The summed E-state index contributed by atoms with van der Waals surface area (Å²) in [5, 5.41) is 35.4. The summed E-state index contributed by atoms with van der Waals surface area (Å²) in [4.78, 5) is 25.2. The maximum atomic E-state index is 13.2. The fourth-order valence-electron chi connectivity index (χ4n) is 4.22. The summed E-state index contributed by atoms with van der Waals surface area (Å²) in [6.45, 7) is 5.07. The van der Waals surface area contributed by atoms with E-state index in [0.29, 0.717) is 0 Å².